The third kappa shape index (κ3) is 3.99. The van der Waals surface area contributed by atoms with Gasteiger partial charge in [-0.2, -0.15) is 13.2 Å². The fourth-order valence-electron chi connectivity index (χ4n) is 1.34. The van der Waals surface area contributed by atoms with Crippen LogP contribution in [0.15, 0.2) is 24.3 Å². The summed E-state index contributed by atoms with van der Waals surface area (Å²) in [5.74, 6) is -1.55. The van der Waals surface area contributed by atoms with Crippen molar-refractivity contribution in [2.75, 3.05) is 13.7 Å². The topological polar surface area (TPSA) is 38.3 Å². The van der Waals surface area contributed by atoms with Crippen LogP contribution in [0.5, 0.6) is 0 Å². The molecule has 0 aliphatic carbocycles. The molecule has 0 bridgehead atoms. The van der Waals surface area contributed by atoms with Gasteiger partial charge >= 0.3 is 6.18 Å². The highest BCUT2D eigenvalue weighted by atomic mass is 19.4. The van der Waals surface area contributed by atoms with Gasteiger partial charge in [-0.25, -0.2) is 4.39 Å². The standard InChI is InChI=1S/C11H11F4NO2/c1-18-6-9(17)16-10(11(13,14)15)7-2-4-8(12)5-3-7/h2-5,10H,6H2,1H3,(H,16,17)/t10-/m1/s1. The van der Waals surface area contributed by atoms with Gasteiger partial charge in [0.1, 0.15) is 12.4 Å². The summed E-state index contributed by atoms with van der Waals surface area (Å²) in [5.41, 5.74) is -0.242. The van der Waals surface area contributed by atoms with E-state index in [1.54, 1.807) is 5.32 Å². The van der Waals surface area contributed by atoms with Crippen LogP contribution in [0.1, 0.15) is 11.6 Å². The number of rotatable bonds is 4. The van der Waals surface area contributed by atoms with E-state index in [1.807, 2.05) is 0 Å². The molecule has 0 unspecified atom stereocenters. The second kappa shape index (κ2) is 5.81. The van der Waals surface area contributed by atoms with Crippen molar-refractivity contribution in [3.8, 4) is 0 Å². The van der Waals surface area contributed by atoms with Crippen molar-refractivity contribution in [1.82, 2.24) is 5.32 Å². The molecular formula is C11H11F4NO2. The Morgan fingerprint density at radius 3 is 2.33 bits per heavy atom. The Morgan fingerprint density at radius 2 is 1.89 bits per heavy atom. The SMILES string of the molecule is COCC(=O)N[C@H](c1ccc(F)cc1)C(F)(F)F. The number of nitrogens with one attached hydrogen (secondary N) is 1. The average Bonchev–Trinajstić information content (AvgIpc) is 2.26. The number of hydrogen-bond donors (Lipinski definition) is 1. The van der Waals surface area contributed by atoms with Crippen LogP contribution in [0.2, 0.25) is 0 Å². The number of carbonyl (C=O) groups is 1. The van der Waals surface area contributed by atoms with Crippen LogP contribution < -0.4 is 5.32 Å². The van der Waals surface area contributed by atoms with E-state index in [9.17, 15) is 22.4 Å². The van der Waals surface area contributed by atoms with Crippen molar-refractivity contribution in [2.45, 2.75) is 12.2 Å². The Hall–Kier alpha value is -1.63. The molecule has 3 nitrogen and oxygen atoms in total. The summed E-state index contributed by atoms with van der Waals surface area (Å²) < 4.78 is 55.3. The third-order valence-electron chi connectivity index (χ3n) is 2.11. The van der Waals surface area contributed by atoms with Crippen molar-refractivity contribution in [3.05, 3.63) is 35.6 Å². The lowest BCUT2D eigenvalue weighted by atomic mass is 10.1. The van der Waals surface area contributed by atoms with Gasteiger partial charge in [0, 0.05) is 7.11 Å². The minimum Gasteiger partial charge on any atom is -0.375 e. The number of benzene rings is 1. The number of carbonyl (C=O) groups excluding carboxylic acids is 1. The van der Waals surface area contributed by atoms with E-state index in [4.69, 9.17) is 0 Å². The van der Waals surface area contributed by atoms with Gasteiger partial charge in [-0.1, -0.05) is 12.1 Å². The monoisotopic (exact) mass is 265 g/mol. The first kappa shape index (κ1) is 14.4. The fraction of sp³-hybridized carbons (Fsp3) is 0.364. The maximum Gasteiger partial charge on any atom is 0.412 e. The predicted octanol–water partition coefficient (Wildman–Crippen LogP) is 2.19. The van der Waals surface area contributed by atoms with E-state index in [-0.39, 0.29) is 5.56 Å². The summed E-state index contributed by atoms with van der Waals surface area (Å²) in [6, 6.07) is 1.56. The van der Waals surface area contributed by atoms with Crippen LogP contribution in [-0.2, 0) is 9.53 Å². The van der Waals surface area contributed by atoms with Gasteiger partial charge < -0.3 is 10.1 Å². The molecule has 0 aliphatic rings. The number of hydrogen-bond acceptors (Lipinski definition) is 2. The minimum absolute atomic E-state index is 0.242. The van der Waals surface area contributed by atoms with Gasteiger partial charge in [0.15, 0.2) is 6.04 Å². The predicted molar refractivity (Wildman–Crippen MR) is 55.2 cm³/mol. The minimum atomic E-state index is -4.67. The number of ether oxygens (including phenoxy) is 1. The second-order valence-corrected chi connectivity index (χ2v) is 3.53. The summed E-state index contributed by atoms with van der Waals surface area (Å²) >= 11 is 0. The quantitative estimate of drug-likeness (QED) is 0.847. The summed E-state index contributed by atoms with van der Waals surface area (Å²) in [7, 11) is 1.19. The van der Waals surface area contributed by atoms with Crippen LogP contribution in [0.4, 0.5) is 17.6 Å². The molecule has 0 saturated carbocycles. The Kier molecular flexibility index (Phi) is 4.66. The van der Waals surface area contributed by atoms with E-state index in [1.165, 1.54) is 7.11 Å². The zero-order valence-electron chi connectivity index (χ0n) is 9.42. The molecule has 0 radical (unpaired) electrons. The average molecular weight is 265 g/mol. The lowest BCUT2D eigenvalue weighted by Gasteiger charge is -2.21. The molecule has 0 spiro atoms. The molecule has 0 fully saturated rings. The van der Waals surface area contributed by atoms with Gasteiger partial charge in [0.2, 0.25) is 5.91 Å². The maximum atomic E-state index is 12.8. The molecule has 7 heteroatoms. The van der Waals surface area contributed by atoms with E-state index in [0.717, 1.165) is 24.3 Å². The summed E-state index contributed by atoms with van der Waals surface area (Å²) in [4.78, 5) is 11.1. The van der Waals surface area contributed by atoms with Crippen molar-refractivity contribution in [2.24, 2.45) is 0 Å². The highest BCUT2D eigenvalue weighted by Gasteiger charge is 2.41. The first-order chi connectivity index (χ1) is 8.34. The lowest BCUT2D eigenvalue weighted by molar-refractivity contribution is -0.164. The highest BCUT2D eigenvalue weighted by molar-refractivity contribution is 5.77. The van der Waals surface area contributed by atoms with E-state index in [2.05, 4.69) is 4.74 Å². The van der Waals surface area contributed by atoms with Gasteiger partial charge in [0.05, 0.1) is 0 Å². The molecule has 0 saturated heterocycles. The molecule has 1 aromatic rings. The van der Waals surface area contributed by atoms with Crippen LogP contribution >= 0.6 is 0 Å². The fourth-order valence-corrected chi connectivity index (χ4v) is 1.34. The number of halogens is 4. The van der Waals surface area contributed by atoms with Crippen LogP contribution in [-0.4, -0.2) is 25.8 Å². The third-order valence-corrected chi connectivity index (χ3v) is 2.11. The molecule has 0 heterocycles. The zero-order valence-corrected chi connectivity index (χ0v) is 9.42. The highest BCUT2D eigenvalue weighted by Crippen LogP contribution is 2.32. The van der Waals surface area contributed by atoms with Crippen molar-refractivity contribution < 1.29 is 27.1 Å². The van der Waals surface area contributed by atoms with Gasteiger partial charge in [-0.3, -0.25) is 4.79 Å². The molecule has 1 rings (SSSR count). The lowest BCUT2D eigenvalue weighted by Crippen LogP contribution is -2.39. The molecule has 0 aromatic heterocycles. The molecule has 1 N–H and O–H groups in total. The largest absolute Gasteiger partial charge is 0.412 e. The van der Waals surface area contributed by atoms with Gasteiger partial charge in [0.25, 0.3) is 0 Å². The first-order valence-corrected chi connectivity index (χ1v) is 4.95. The summed E-state index contributed by atoms with van der Waals surface area (Å²) in [6.45, 7) is -0.478. The van der Waals surface area contributed by atoms with Crippen molar-refractivity contribution >= 4 is 5.91 Å². The van der Waals surface area contributed by atoms with E-state index in [0.29, 0.717) is 0 Å². The smallest absolute Gasteiger partial charge is 0.375 e. The molecule has 0 aliphatic heterocycles. The van der Waals surface area contributed by atoms with Gasteiger partial charge in [-0.05, 0) is 17.7 Å². The molecule has 100 valence electrons. The van der Waals surface area contributed by atoms with E-state index < -0.39 is 30.5 Å². The first-order valence-electron chi connectivity index (χ1n) is 4.95. The Balaban J connectivity index is 2.92. The molecule has 1 amide bonds. The summed E-state index contributed by atoms with van der Waals surface area (Å²) in [6.07, 6.45) is -4.67. The molecule has 1 aromatic carbocycles. The number of alkyl halides is 3. The van der Waals surface area contributed by atoms with Crippen LogP contribution in [0, 0.1) is 5.82 Å². The molecule has 18 heavy (non-hydrogen) atoms. The van der Waals surface area contributed by atoms with Crippen LogP contribution in [0.25, 0.3) is 0 Å². The molecular weight excluding hydrogens is 254 g/mol. The van der Waals surface area contributed by atoms with Crippen molar-refractivity contribution in [1.29, 1.82) is 0 Å². The Morgan fingerprint density at radius 1 is 1.33 bits per heavy atom. The van der Waals surface area contributed by atoms with Gasteiger partial charge in [-0.15, -0.1) is 0 Å². The Bertz CT molecular complexity index is 402. The van der Waals surface area contributed by atoms with Crippen LogP contribution in [0.3, 0.4) is 0 Å². The normalized spacial score (nSPS) is 13.2. The van der Waals surface area contributed by atoms with Crippen molar-refractivity contribution in [3.63, 3.8) is 0 Å². The van der Waals surface area contributed by atoms with E-state index >= 15 is 0 Å². The zero-order chi connectivity index (χ0) is 13.8. The maximum absolute atomic E-state index is 12.8. The number of methoxy groups -OCH3 is 1. The number of amides is 1. The second-order valence-electron chi connectivity index (χ2n) is 3.53. The summed E-state index contributed by atoms with van der Waals surface area (Å²) in [5, 5.41) is 1.78. The molecule has 1 atom stereocenters. The Labute approximate surface area is 101 Å².